The second kappa shape index (κ2) is 11.9. The maximum absolute atomic E-state index is 10.9. The normalized spacial score (nSPS) is 18.4. The molecule has 0 spiro atoms. The Balaban J connectivity index is 0.00000441. The summed E-state index contributed by atoms with van der Waals surface area (Å²) in [5.74, 6) is 0.693. The van der Waals surface area contributed by atoms with Gasteiger partial charge >= 0.3 is 0 Å². The Morgan fingerprint density at radius 3 is 2.59 bits per heavy atom. The van der Waals surface area contributed by atoms with Crippen molar-refractivity contribution in [3.8, 4) is 0 Å². The predicted molar refractivity (Wildman–Crippen MR) is 99.4 cm³/mol. The number of aliphatic imine (C=N–C) groups is 1. The summed E-state index contributed by atoms with van der Waals surface area (Å²) in [5.41, 5.74) is 5.21. The summed E-state index contributed by atoms with van der Waals surface area (Å²) in [6, 6.07) is 0.358. The minimum Gasteiger partial charge on any atom is -0.396 e. The fourth-order valence-electron chi connectivity index (χ4n) is 2.27. The second-order valence-corrected chi connectivity index (χ2v) is 5.67. The van der Waals surface area contributed by atoms with Crippen molar-refractivity contribution in [3.63, 3.8) is 0 Å². The van der Waals surface area contributed by atoms with Gasteiger partial charge in [-0.2, -0.15) is 0 Å². The number of carbonyl (C=O) groups is 1. The van der Waals surface area contributed by atoms with E-state index < -0.39 is 0 Å². The molecular weight excluding hydrogens is 397 g/mol. The first-order valence-corrected chi connectivity index (χ1v) is 7.71. The number of nitrogens with zero attached hydrogens (tertiary/aromatic N) is 2. The van der Waals surface area contributed by atoms with E-state index in [2.05, 4.69) is 20.5 Å². The van der Waals surface area contributed by atoms with Gasteiger partial charge in [-0.25, -0.2) is 0 Å². The Labute approximate surface area is 150 Å². The van der Waals surface area contributed by atoms with Crippen LogP contribution in [-0.2, 0) is 4.79 Å². The topological polar surface area (TPSA) is 103 Å². The third-order valence-electron chi connectivity index (χ3n) is 3.52. The van der Waals surface area contributed by atoms with E-state index >= 15 is 0 Å². The van der Waals surface area contributed by atoms with Crippen LogP contribution in [0.2, 0.25) is 0 Å². The third kappa shape index (κ3) is 8.74. The van der Waals surface area contributed by atoms with E-state index in [1.54, 1.807) is 0 Å². The van der Waals surface area contributed by atoms with Gasteiger partial charge in [-0.3, -0.25) is 14.7 Å². The van der Waals surface area contributed by atoms with Gasteiger partial charge in [-0.1, -0.05) is 6.92 Å². The minimum atomic E-state index is -0.269. The zero-order valence-electron chi connectivity index (χ0n) is 13.5. The van der Waals surface area contributed by atoms with Gasteiger partial charge < -0.3 is 21.5 Å². The van der Waals surface area contributed by atoms with Gasteiger partial charge in [0.05, 0.1) is 6.54 Å². The number of carbonyl (C=O) groups excluding carboxylic acids is 1. The molecule has 1 amide bonds. The Hall–Kier alpha value is -0.610. The molecule has 0 aromatic carbocycles. The van der Waals surface area contributed by atoms with Crippen molar-refractivity contribution < 1.29 is 9.90 Å². The van der Waals surface area contributed by atoms with Crippen LogP contribution < -0.4 is 16.4 Å². The van der Waals surface area contributed by atoms with Crippen molar-refractivity contribution in [2.75, 3.05) is 39.3 Å². The van der Waals surface area contributed by atoms with Gasteiger partial charge in [0.15, 0.2) is 5.96 Å². The number of aliphatic hydroxyl groups excluding tert-OH is 1. The quantitative estimate of drug-likeness (QED) is 0.255. The highest BCUT2D eigenvalue weighted by atomic mass is 127. The van der Waals surface area contributed by atoms with Crippen molar-refractivity contribution in [1.82, 2.24) is 15.5 Å². The van der Waals surface area contributed by atoms with E-state index in [1.165, 1.54) is 0 Å². The van der Waals surface area contributed by atoms with E-state index in [9.17, 15) is 4.79 Å². The zero-order chi connectivity index (χ0) is 15.7. The number of aliphatic hydroxyl groups is 1. The van der Waals surface area contributed by atoms with Crippen LogP contribution in [0.4, 0.5) is 0 Å². The molecule has 8 heteroatoms. The third-order valence-corrected chi connectivity index (χ3v) is 3.52. The van der Waals surface area contributed by atoms with Gasteiger partial charge in [-0.15, -0.1) is 24.0 Å². The molecule has 1 fully saturated rings. The molecule has 7 nitrogen and oxygen atoms in total. The van der Waals surface area contributed by atoms with Crippen molar-refractivity contribution >= 4 is 35.8 Å². The van der Waals surface area contributed by atoms with Gasteiger partial charge in [0.25, 0.3) is 0 Å². The predicted octanol–water partition coefficient (Wildman–Crippen LogP) is -0.262. The molecule has 1 heterocycles. The molecule has 0 aromatic rings. The second-order valence-electron chi connectivity index (χ2n) is 5.67. The summed E-state index contributed by atoms with van der Waals surface area (Å²) < 4.78 is 0. The molecule has 0 radical (unpaired) electrons. The van der Waals surface area contributed by atoms with Crippen molar-refractivity contribution in [2.45, 2.75) is 32.7 Å². The highest BCUT2D eigenvalue weighted by Crippen LogP contribution is 2.09. The van der Waals surface area contributed by atoms with E-state index in [-0.39, 0.29) is 42.4 Å². The molecule has 0 saturated carbocycles. The van der Waals surface area contributed by atoms with Crippen LogP contribution in [0.3, 0.4) is 0 Å². The van der Waals surface area contributed by atoms with Crippen LogP contribution in [0.5, 0.6) is 0 Å². The lowest BCUT2D eigenvalue weighted by atomic mass is 10.1. The molecule has 0 aromatic heterocycles. The first kappa shape index (κ1) is 21.4. The van der Waals surface area contributed by atoms with Gasteiger partial charge in [-0.05, 0) is 25.7 Å². The van der Waals surface area contributed by atoms with Crippen LogP contribution in [0.15, 0.2) is 4.99 Å². The molecular formula is C14H30IN5O2. The minimum absolute atomic E-state index is 0. The average molecular weight is 427 g/mol. The molecule has 1 saturated heterocycles. The number of nitrogens with two attached hydrogens (primary N) is 1. The smallest absolute Gasteiger partial charge is 0.231 e. The van der Waals surface area contributed by atoms with Crippen molar-refractivity contribution in [1.29, 1.82) is 0 Å². The molecule has 1 rings (SSSR count). The first-order valence-electron chi connectivity index (χ1n) is 7.71. The highest BCUT2D eigenvalue weighted by molar-refractivity contribution is 14.0. The summed E-state index contributed by atoms with van der Waals surface area (Å²) >= 11 is 0. The number of hydrogen-bond donors (Lipinski definition) is 4. The number of piperidine rings is 1. The number of nitrogens with one attached hydrogen (secondary N) is 2. The average Bonchev–Trinajstić information content (AvgIpc) is 2.46. The summed E-state index contributed by atoms with van der Waals surface area (Å²) in [5, 5.41) is 15.7. The van der Waals surface area contributed by atoms with Crippen LogP contribution in [0, 0.1) is 5.92 Å². The molecule has 22 heavy (non-hydrogen) atoms. The zero-order valence-corrected chi connectivity index (χ0v) is 15.9. The van der Waals surface area contributed by atoms with Gasteiger partial charge in [0.1, 0.15) is 0 Å². The monoisotopic (exact) mass is 427 g/mol. The molecule has 0 aliphatic carbocycles. The van der Waals surface area contributed by atoms with E-state index in [0.717, 1.165) is 38.4 Å². The summed E-state index contributed by atoms with van der Waals surface area (Å²) in [4.78, 5) is 17.5. The molecule has 1 aliphatic heterocycles. The fraction of sp³-hybridized carbons (Fsp3) is 0.857. The standard InChI is InChI=1S/C14H29N5O2.HI/c1-3-16-14(17-8-11(2)10-20)18-12-4-6-19(7-5-12)9-13(15)21;/h11-12,20H,3-10H2,1-2H3,(H2,15,21)(H2,16,17,18);1H. The lowest BCUT2D eigenvalue weighted by Crippen LogP contribution is -2.50. The first-order chi connectivity index (χ1) is 10.0. The number of hydrogen-bond acceptors (Lipinski definition) is 4. The molecule has 130 valence electrons. The molecule has 5 N–H and O–H groups in total. The number of guanidine groups is 1. The van der Waals surface area contributed by atoms with E-state index in [4.69, 9.17) is 10.8 Å². The lowest BCUT2D eigenvalue weighted by molar-refractivity contribution is -0.119. The number of amides is 1. The Bertz CT molecular complexity index is 346. The van der Waals surface area contributed by atoms with Crippen LogP contribution in [0.25, 0.3) is 0 Å². The summed E-state index contributed by atoms with van der Waals surface area (Å²) in [7, 11) is 0. The Kier molecular flexibility index (Phi) is 11.6. The fourth-order valence-corrected chi connectivity index (χ4v) is 2.27. The molecule has 1 atom stereocenters. The summed E-state index contributed by atoms with van der Waals surface area (Å²) in [6.07, 6.45) is 1.93. The number of primary amides is 1. The number of halogens is 1. The lowest BCUT2D eigenvalue weighted by Gasteiger charge is -2.32. The van der Waals surface area contributed by atoms with Gasteiger partial charge in [0.2, 0.25) is 5.91 Å². The maximum atomic E-state index is 10.9. The Morgan fingerprint density at radius 2 is 2.09 bits per heavy atom. The molecule has 1 unspecified atom stereocenters. The van der Waals surface area contributed by atoms with Crippen LogP contribution in [-0.4, -0.2) is 67.2 Å². The van der Waals surface area contributed by atoms with Crippen LogP contribution >= 0.6 is 24.0 Å². The maximum Gasteiger partial charge on any atom is 0.231 e. The number of likely N-dealkylation sites (tertiary alicyclic amines) is 1. The van der Waals surface area contributed by atoms with Gasteiger partial charge in [0, 0.05) is 38.8 Å². The van der Waals surface area contributed by atoms with E-state index in [0.29, 0.717) is 19.1 Å². The van der Waals surface area contributed by atoms with E-state index in [1.807, 2.05) is 13.8 Å². The SMILES string of the molecule is CCNC(=NCC(C)CO)NC1CCN(CC(N)=O)CC1.I. The van der Waals surface area contributed by atoms with Crippen molar-refractivity contribution in [3.05, 3.63) is 0 Å². The summed E-state index contributed by atoms with van der Waals surface area (Å²) in [6.45, 7) is 7.63. The molecule has 1 aliphatic rings. The van der Waals surface area contributed by atoms with Crippen LogP contribution in [0.1, 0.15) is 26.7 Å². The number of rotatable bonds is 7. The largest absolute Gasteiger partial charge is 0.396 e. The molecule has 0 bridgehead atoms. The highest BCUT2D eigenvalue weighted by Gasteiger charge is 2.20. The Morgan fingerprint density at radius 1 is 1.45 bits per heavy atom. The van der Waals surface area contributed by atoms with Crippen molar-refractivity contribution in [2.24, 2.45) is 16.6 Å².